The van der Waals surface area contributed by atoms with Crippen molar-refractivity contribution in [3.63, 3.8) is 0 Å². The first-order valence-electron chi connectivity index (χ1n) is 10.9. The highest BCUT2D eigenvalue weighted by atomic mass is 32.1. The number of amides is 3. The molecule has 4 rings (SSSR count). The van der Waals surface area contributed by atoms with Crippen molar-refractivity contribution in [2.45, 2.75) is 38.3 Å². The van der Waals surface area contributed by atoms with Crippen LogP contribution in [0.15, 0.2) is 60.8 Å². The second-order valence-electron chi connectivity index (χ2n) is 8.02. The number of nitriles is 1. The number of urea groups is 1. The third-order valence-corrected chi connectivity index (χ3v) is 6.82. The number of anilines is 1. The molecule has 0 saturated carbocycles. The van der Waals surface area contributed by atoms with Crippen LogP contribution in [0.5, 0.6) is 0 Å². The predicted octanol–water partition coefficient (Wildman–Crippen LogP) is 4.61. The highest BCUT2D eigenvalue weighted by molar-refractivity contribution is 7.16. The van der Waals surface area contributed by atoms with Crippen LogP contribution in [0.3, 0.4) is 0 Å². The fraction of sp³-hybridized carbons (Fsp3) is 0.280. The summed E-state index contributed by atoms with van der Waals surface area (Å²) in [5.74, 6) is 0.0364. The number of hydrogen-bond acceptors (Lipinski definition) is 5. The molecule has 2 N–H and O–H groups in total. The number of rotatable bonds is 6. The third kappa shape index (κ3) is 5.38. The van der Waals surface area contributed by atoms with Crippen LogP contribution < -0.4 is 10.6 Å². The van der Waals surface area contributed by atoms with Crippen LogP contribution in [-0.4, -0.2) is 28.4 Å². The molecule has 33 heavy (non-hydrogen) atoms. The van der Waals surface area contributed by atoms with Crippen molar-refractivity contribution in [3.8, 4) is 6.07 Å². The van der Waals surface area contributed by atoms with E-state index in [2.05, 4.69) is 21.7 Å². The van der Waals surface area contributed by atoms with Crippen LogP contribution >= 0.6 is 11.3 Å². The Morgan fingerprint density at radius 3 is 2.76 bits per heavy atom. The third-order valence-electron chi connectivity index (χ3n) is 5.68. The number of thiophene rings is 1. The van der Waals surface area contributed by atoms with Gasteiger partial charge >= 0.3 is 6.03 Å². The summed E-state index contributed by atoms with van der Waals surface area (Å²) in [4.78, 5) is 31.9. The van der Waals surface area contributed by atoms with Gasteiger partial charge in [-0.15, -0.1) is 11.3 Å². The number of aromatic nitrogens is 1. The van der Waals surface area contributed by atoms with Crippen molar-refractivity contribution >= 4 is 28.3 Å². The Morgan fingerprint density at radius 2 is 2.03 bits per heavy atom. The van der Waals surface area contributed by atoms with Crippen LogP contribution in [0.2, 0.25) is 0 Å². The van der Waals surface area contributed by atoms with Crippen molar-refractivity contribution in [1.82, 2.24) is 15.2 Å². The number of fused-ring (bicyclic) bond motifs is 1. The molecule has 3 amide bonds. The maximum Gasteiger partial charge on any atom is 0.319 e. The van der Waals surface area contributed by atoms with E-state index in [-0.39, 0.29) is 17.9 Å². The number of hydrogen-bond donors (Lipinski definition) is 2. The lowest BCUT2D eigenvalue weighted by Crippen LogP contribution is -2.44. The van der Waals surface area contributed by atoms with Gasteiger partial charge in [0.1, 0.15) is 0 Å². The molecule has 8 heteroatoms. The second-order valence-corrected chi connectivity index (χ2v) is 9.10. The number of pyridine rings is 1. The Labute approximate surface area is 197 Å². The minimum atomic E-state index is -0.684. The van der Waals surface area contributed by atoms with Crippen molar-refractivity contribution in [2.75, 3.05) is 11.9 Å². The lowest BCUT2D eigenvalue weighted by molar-refractivity contribution is -0.116. The fourth-order valence-electron chi connectivity index (χ4n) is 3.93. The molecule has 0 fully saturated rings. The van der Waals surface area contributed by atoms with Gasteiger partial charge in [0, 0.05) is 24.0 Å². The Balaban J connectivity index is 1.39. The molecule has 1 aromatic carbocycles. The Bertz CT molecular complexity index is 1160. The molecular formula is C25H25N5O2S. The summed E-state index contributed by atoms with van der Waals surface area (Å²) >= 11 is 1.37. The minimum Gasteiger partial charge on any atom is -0.332 e. The Kier molecular flexibility index (Phi) is 7.01. The van der Waals surface area contributed by atoms with E-state index < -0.39 is 6.04 Å². The number of nitrogens with zero attached hydrogens (tertiary/aromatic N) is 3. The molecule has 0 spiro atoms. The van der Waals surface area contributed by atoms with Crippen molar-refractivity contribution in [2.24, 2.45) is 0 Å². The van der Waals surface area contributed by atoms with Gasteiger partial charge in [-0.2, -0.15) is 5.26 Å². The van der Waals surface area contributed by atoms with Gasteiger partial charge in [-0.3, -0.25) is 9.78 Å². The highest BCUT2D eigenvalue weighted by Gasteiger charge is 2.33. The summed E-state index contributed by atoms with van der Waals surface area (Å²) in [7, 11) is 0. The largest absolute Gasteiger partial charge is 0.332 e. The van der Waals surface area contributed by atoms with Gasteiger partial charge in [-0.25, -0.2) is 4.79 Å². The van der Waals surface area contributed by atoms with Crippen molar-refractivity contribution < 1.29 is 9.59 Å². The molecule has 2 atom stereocenters. The normalized spacial score (nSPS) is 15.8. The monoisotopic (exact) mass is 459 g/mol. The number of carbonyl (C=O) groups excluding carboxylic acids is 2. The molecule has 0 saturated heterocycles. The van der Waals surface area contributed by atoms with Crippen LogP contribution in [0, 0.1) is 11.3 Å². The zero-order valence-electron chi connectivity index (χ0n) is 18.3. The first kappa shape index (κ1) is 22.5. The molecule has 1 aliphatic heterocycles. The zero-order valence-corrected chi connectivity index (χ0v) is 19.1. The Morgan fingerprint density at radius 1 is 1.24 bits per heavy atom. The fourth-order valence-corrected chi connectivity index (χ4v) is 5.11. The van der Waals surface area contributed by atoms with Gasteiger partial charge in [0.2, 0.25) is 5.91 Å². The average molecular weight is 460 g/mol. The molecular weight excluding hydrogens is 434 g/mol. The van der Waals surface area contributed by atoms with E-state index in [1.807, 2.05) is 61.5 Å². The molecule has 7 nitrogen and oxygen atoms in total. The molecule has 1 aliphatic rings. The van der Waals surface area contributed by atoms with E-state index in [0.29, 0.717) is 30.9 Å². The van der Waals surface area contributed by atoms with E-state index in [4.69, 9.17) is 0 Å². The number of nitrogens with one attached hydrogen (secondary N) is 2. The van der Waals surface area contributed by atoms with Crippen LogP contribution in [0.25, 0.3) is 0 Å². The summed E-state index contributed by atoms with van der Waals surface area (Å²) in [6, 6.07) is 18.7. The molecule has 0 bridgehead atoms. The summed E-state index contributed by atoms with van der Waals surface area (Å²) in [6.45, 7) is 2.77. The molecule has 2 aromatic heterocycles. The van der Waals surface area contributed by atoms with E-state index >= 15 is 0 Å². The zero-order chi connectivity index (χ0) is 23.2. The van der Waals surface area contributed by atoms with Gasteiger partial charge in [-0.05, 0) is 41.7 Å². The molecule has 2 unspecified atom stereocenters. The smallest absolute Gasteiger partial charge is 0.319 e. The molecule has 0 radical (unpaired) electrons. The first-order chi connectivity index (χ1) is 16.0. The lowest BCUT2D eigenvalue weighted by atomic mass is 9.98. The van der Waals surface area contributed by atoms with Crippen molar-refractivity contribution in [3.05, 3.63) is 82.5 Å². The summed E-state index contributed by atoms with van der Waals surface area (Å²) < 4.78 is 0. The van der Waals surface area contributed by atoms with E-state index in [0.717, 1.165) is 21.7 Å². The van der Waals surface area contributed by atoms with Gasteiger partial charge in [-0.1, -0.05) is 43.3 Å². The maximum absolute atomic E-state index is 12.8. The minimum absolute atomic E-state index is 0.0663. The van der Waals surface area contributed by atoms with Crippen LogP contribution in [-0.2, 0) is 17.8 Å². The van der Waals surface area contributed by atoms with Gasteiger partial charge in [0.15, 0.2) is 6.04 Å². The Hall–Kier alpha value is -3.70. The van der Waals surface area contributed by atoms with Crippen LogP contribution in [0.4, 0.5) is 9.80 Å². The van der Waals surface area contributed by atoms with Crippen LogP contribution in [0.1, 0.15) is 47.0 Å². The summed E-state index contributed by atoms with van der Waals surface area (Å²) in [5, 5.41) is 16.3. The van der Waals surface area contributed by atoms with Gasteiger partial charge in [0.25, 0.3) is 0 Å². The summed E-state index contributed by atoms with van der Waals surface area (Å²) in [5.41, 5.74) is 2.88. The molecule has 3 heterocycles. The number of carbonyl (C=O) groups is 2. The van der Waals surface area contributed by atoms with E-state index in [1.54, 1.807) is 11.1 Å². The second kappa shape index (κ2) is 10.3. The van der Waals surface area contributed by atoms with Gasteiger partial charge < -0.3 is 15.5 Å². The number of benzene rings is 1. The lowest BCUT2D eigenvalue weighted by Gasteiger charge is -2.31. The van der Waals surface area contributed by atoms with Crippen molar-refractivity contribution in [1.29, 1.82) is 5.26 Å². The van der Waals surface area contributed by atoms with E-state index in [1.165, 1.54) is 11.3 Å². The average Bonchev–Trinajstić information content (AvgIpc) is 3.25. The van der Waals surface area contributed by atoms with E-state index in [9.17, 15) is 14.9 Å². The summed E-state index contributed by atoms with van der Waals surface area (Å²) in [6.07, 6.45) is 2.68. The van der Waals surface area contributed by atoms with Gasteiger partial charge in [0.05, 0.1) is 23.3 Å². The first-order valence-corrected chi connectivity index (χ1v) is 11.7. The SMILES string of the molecule is CC(CC(=O)Nc1cc2c(s1)C(C#N)N(C(=O)NCc1ccccn1)CC2)c1ccccc1. The maximum atomic E-state index is 12.8. The molecule has 3 aromatic rings. The molecule has 168 valence electrons. The predicted molar refractivity (Wildman–Crippen MR) is 128 cm³/mol. The highest BCUT2D eigenvalue weighted by Crippen LogP contribution is 2.38. The topological polar surface area (TPSA) is 98.1 Å². The quantitative estimate of drug-likeness (QED) is 0.562. The standard InChI is InChI=1S/C25H25N5O2S/c1-17(18-7-3-2-4-8-18)13-22(31)29-23-14-19-10-12-30(21(15-26)24(19)33-23)25(32)28-16-20-9-5-6-11-27-20/h2-9,11,14,17,21H,10,12-13,16H2,1H3,(H,28,32)(H,29,31). The molecule has 0 aliphatic carbocycles.